The van der Waals surface area contributed by atoms with Crippen LogP contribution in [0, 0.1) is 17.6 Å². The zero-order valence-corrected chi connectivity index (χ0v) is 20.1. The molecule has 35 heavy (non-hydrogen) atoms. The highest BCUT2D eigenvalue weighted by atomic mass is 32.2. The molecule has 9 nitrogen and oxygen atoms in total. The van der Waals surface area contributed by atoms with E-state index in [4.69, 9.17) is 9.47 Å². The van der Waals surface area contributed by atoms with E-state index in [-0.39, 0.29) is 55.9 Å². The Morgan fingerprint density at radius 1 is 0.971 bits per heavy atom. The Morgan fingerprint density at radius 3 is 2.31 bits per heavy atom. The van der Waals surface area contributed by atoms with E-state index < -0.39 is 27.6 Å². The topological polar surface area (TPSA) is 96.5 Å². The number of halogens is 2. The average Bonchev–Trinajstić information content (AvgIpc) is 3.25. The van der Waals surface area contributed by atoms with E-state index in [1.807, 2.05) is 0 Å². The lowest BCUT2D eigenvalue weighted by Crippen LogP contribution is -2.52. The SMILES string of the molecule is COc1ccc(N2C[C@@H](C(=O)N3CCN(S(=O)(=O)c4ccc(F)c(F)c4)CC3)CC2=O)c(OC)c1. The van der Waals surface area contributed by atoms with Gasteiger partial charge in [-0.2, -0.15) is 4.31 Å². The first-order valence-electron chi connectivity index (χ1n) is 10.9. The molecule has 2 amide bonds. The lowest BCUT2D eigenvalue weighted by Gasteiger charge is -2.35. The van der Waals surface area contributed by atoms with E-state index in [0.717, 1.165) is 16.4 Å². The fraction of sp³-hybridized carbons (Fsp3) is 0.391. The van der Waals surface area contributed by atoms with Gasteiger partial charge in [0.1, 0.15) is 11.5 Å². The maximum absolute atomic E-state index is 13.5. The third-order valence-corrected chi connectivity index (χ3v) is 8.13. The van der Waals surface area contributed by atoms with Crippen LogP contribution in [0.15, 0.2) is 41.3 Å². The molecule has 4 rings (SSSR count). The number of piperazine rings is 1. The van der Waals surface area contributed by atoms with Crippen molar-refractivity contribution >= 4 is 27.5 Å². The number of ether oxygens (including phenoxy) is 2. The van der Waals surface area contributed by atoms with Crippen LogP contribution in [0.2, 0.25) is 0 Å². The standard InChI is InChI=1S/C23H25F2N3O6S/c1-33-16-3-6-20(21(12-16)34-2)28-14-15(11-22(28)29)23(30)26-7-9-27(10-8-26)35(31,32)17-4-5-18(24)19(25)13-17/h3-6,12-13,15H,7-11,14H2,1-2H3/t15-/m0/s1. The lowest BCUT2D eigenvalue weighted by atomic mass is 10.1. The molecule has 188 valence electrons. The predicted octanol–water partition coefficient (Wildman–Crippen LogP) is 1.87. The molecule has 0 bridgehead atoms. The third-order valence-electron chi connectivity index (χ3n) is 6.23. The monoisotopic (exact) mass is 509 g/mol. The van der Waals surface area contributed by atoms with Crippen LogP contribution in [0.25, 0.3) is 0 Å². The van der Waals surface area contributed by atoms with E-state index in [0.29, 0.717) is 23.3 Å². The second-order valence-electron chi connectivity index (χ2n) is 8.25. The molecule has 2 aliphatic heterocycles. The number of carbonyl (C=O) groups is 2. The van der Waals surface area contributed by atoms with Crippen molar-refractivity contribution < 1.29 is 36.3 Å². The summed E-state index contributed by atoms with van der Waals surface area (Å²) in [5.41, 5.74) is 0.538. The smallest absolute Gasteiger partial charge is 0.243 e. The van der Waals surface area contributed by atoms with Crippen LogP contribution in [-0.4, -0.2) is 76.4 Å². The van der Waals surface area contributed by atoms with Crippen molar-refractivity contribution in [3.8, 4) is 11.5 Å². The number of anilines is 1. The van der Waals surface area contributed by atoms with Crippen LogP contribution in [0.3, 0.4) is 0 Å². The summed E-state index contributed by atoms with van der Waals surface area (Å²) >= 11 is 0. The summed E-state index contributed by atoms with van der Waals surface area (Å²) in [6.07, 6.45) is 0.0292. The van der Waals surface area contributed by atoms with Crippen molar-refractivity contribution in [1.29, 1.82) is 0 Å². The number of hydrogen-bond donors (Lipinski definition) is 0. The maximum Gasteiger partial charge on any atom is 0.243 e. The van der Waals surface area contributed by atoms with Gasteiger partial charge in [0.05, 0.1) is 30.7 Å². The number of sulfonamides is 1. The molecule has 2 fully saturated rings. The molecule has 0 aromatic heterocycles. The predicted molar refractivity (Wildman–Crippen MR) is 122 cm³/mol. The molecule has 0 spiro atoms. The Kier molecular flexibility index (Phi) is 6.95. The minimum atomic E-state index is -4.03. The highest BCUT2D eigenvalue weighted by molar-refractivity contribution is 7.89. The van der Waals surface area contributed by atoms with Gasteiger partial charge in [0.2, 0.25) is 21.8 Å². The van der Waals surface area contributed by atoms with Gasteiger partial charge >= 0.3 is 0 Å². The second kappa shape index (κ2) is 9.78. The number of hydrogen-bond acceptors (Lipinski definition) is 6. The molecule has 0 N–H and O–H groups in total. The Morgan fingerprint density at radius 2 is 1.69 bits per heavy atom. The Labute approximate surface area is 201 Å². The van der Waals surface area contributed by atoms with Crippen molar-refractivity contribution in [2.75, 3.05) is 51.8 Å². The van der Waals surface area contributed by atoms with E-state index in [9.17, 15) is 26.8 Å². The number of methoxy groups -OCH3 is 2. The largest absolute Gasteiger partial charge is 0.497 e. The fourth-order valence-electron chi connectivity index (χ4n) is 4.31. The van der Waals surface area contributed by atoms with Crippen LogP contribution in [0.5, 0.6) is 11.5 Å². The Balaban J connectivity index is 1.41. The van der Waals surface area contributed by atoms with E-state index in [1.54, 1.807) is 18.2 Å². The van der Waals surface area contributed by atoms with Crippen LogP contribution < -0.4 is 14.4 Å². The third kappa shape index (κ3) is 4.80. The summed E-state index contributed by atoms with van der Waals surface area (Å²) in [5.74, 6) is -2.40. The highest BCUT2D eigenvalue weighted by Gasteiger charge is 2.40. The molecule has 2 aliphatic rings. The van der Waals surface area contributed by atoms with E-state index >= 15 is 0 Å². The molecular weight excluding hydrogens is 484 g/mol. The molecule has 1 atom stereocenters. The minimum absolute atomic E-state index is 0.00372. The van der Waals surface area contributed by atoms with Gasteiger partial charge in [-0.1, -0.05) is 0 Å². The summed E-state index contributed by atoms with van der Waals surface area (Å²) < 4.78 is 64.0. The molecule has 0 radical (unpaired) electrons. The van der Waals surface area contributed by atoms with Gasteiger partial charge in [0.15, 0.2) is 11.6 Å². The van der Waals surface area contributed by atoms with Gasteiger partial charge in [0.25, 0.3) is 0 Å². The number of benzene rings is 2. The molecule has 2 aromatic carbocycles. The van der Waals surface area contributed by atoms with Crippen molar-refractivity contribution in [2.45, 2.75) is 11.3 Å². The normalized spacial score (nSPS) is 19.2. The summed E-state index contributed by atoms with van der Waals surface area (Å²) in [5, 5.41) is 0. The fourth-order valence-corrected chi connectivity index (χ4v) is 5.74. The van der Waals surface area contributed by atoms with Gasteiger partial charge in [-0.25, -0.2) is 17.2 Å². The van der Waals surface area contributed by atoms with Crippen molar-refractivity contribution in [3.05, 3.63) is 48.0 Å². The van der Waals surface area contributed by atoms with Gasteiger partial charge in [-0.3, -0.25) is 9.59 Å². The zero-order valence-electron chi connectivity index (χ0n) is 19.2. The number of rotatable bonds is 6. The van der Waals surface area contributed by atoms with E-state index in [2.05, 4.69) is 0 Å². The summed E-state index contributed by atoms with van der Waals surface area (Å²) in [6, 6.07) is 7.48. The van der Waals surface area contributed by atoms with Gasteiger partial charge < -0.3 is 19.3 Å². The van der Waals surface area contributed by atoms with Crippen molar-refractivity contribution in [2.24, 2.45) is 5.92 Å². The molecule has 2 saturated heterocycles. The first kappa shape index (κ1) is 24.9. The van der Waals surface area contributed by atoms with Gasteiger partial charge in [-0.05, 0) is 30.3 Å². The molecule has 12 heteroatoms. The van der Waals surface area contributed by atoms with Gasteiger partial charge in [-0.15, -0.1) is 0 Å². The second-order valence-corrected chi connectivity index (χ2v) is 10.2. The summed E-state index contributed by atoms with van der Waals surface area (Å²) in [6.45, 7) is 0.428. The van der Waals surface area contributed by atoms with Crippen LogP contribution in [0.1, 0.15) is 6.42 Å². The average molecular weight is 510 g/mol. The summed E-state index contributed by atoms with van der Waals surface area (Å²) in [7, 11) is -1.03. The van der Waals surface area contributed by atoms with Gasteiger partial charge in [0, 0.05) is 45.2 Å². The first-order chi connectivity index (χ1) is 16.6. The number of nitrogens with zero attached hydrogens (tertiary/aromatic N) is 3. The molecule has 0 aliphatic carbocycles. The highest BCUT2D eigenvalue weighted by Crippen LogP contribution is 2.36. The van der Waals surface area contributed by atoms with Crippen molar-refractivity contribution in [3.63, 3.8) is 0 Å². The zero-order chi connectivity index (χ0) is 25.3. The Hall–Kier alpha value is -3.25. The minimum Gasteiger partial charge on any atom is -0.497 e. The summed E-state index contributed by atoms with van der Waals surface area (Å²) in [4.78, 5) is 28.5. The maximum atomic E-state index is 13.5. The molecular formula is C23H25F2N3O6S. The quantitative estimate of drug-likeness (QED) is 0.590. The van der Waals surface area contributed by atoms with Crippen LogP contribution in [-0.2, 0) is 19.6 Å². The Bertz CT molecular complexity index is 1250. The van der Waals surface area contributed by atoms with E-state index in [1.165, 1.54) is 24.0 Å². The number of amides is 2. The molecule has 2 heterocycles. The molecule has 0 unspecified atom stereocenters. The lowest BCUT2D eigenvalue weighted by molar-refractivity contribution is -0.136. The van der Waals surface area contributed by atoms with Crippen LogP contribution >= 0.6 is 0 Å². The molecule has 0 saturated carbocycles. The van der Waals surface area contributed by atoms with Crippen molar-refractivity contribution in [1.82, 2.24) is 9.21 Å². The number of carbonyl (C=O) groups excluding carboxylic acids is 2. The first-order valence-corrected chi connectivity index (χ1v) is 12.4. The van der Waals surface area contributed by atoms with Crippen LogP contribution in [0.4, 0.5) is 14.5 Å². The molecule has 2 aromatic rings.